The second-order valence-electron chi connectivity index (χ2n) is 3.24. The first kappa shape index (κ1) is 10.3. The van der Waals surface area contributed by atoms with E-state index in [9.17, 15) is 0 Å². The standard InChI is InChI=1S/C12H13NOS/c1-3-15-12-9(2)11(13-14-12)10-7-5-4-6-8-10/h4-8H,3H2,1-2H3. The van der Waals surface area contributed by atoms with E-state index in [1.165, 1.54) is 0 Å². The predicted octanol–water partition coefficient (Wildman–Crippen LogP) is 3.76. The highest BCUT2D eigenvalue weighted by Crippen LogP contribution is 2.30. The van der Waals surface area contributed by atoms with Crippen LogP contribution in [0.4, 0.5) is 0 Å². The summed E-state index contributed by atoms with van der Waals surface area (Å²) in [5, 5.41) is 5.04. The average molecular weight is 219 g/mol. The molecule has 0 fully saturated rings. The van der Waals surface area contributed by atoms with Gasteiger partial charge in [-0.05, 0) is 12.7 Å². The number of hydrogen-bond donors (Lipinski definition) is 0. The minimum Gasteiger partial charge on any atom is -0.349 e. The van der Waals surface area contributed by atoms with Gasteiger partial charge >= 0.3 is 0 Å². The van der Waals surface area contributed by atoms with E-state index >= 15 is 0 Å². The molecule has 0 N–H and O–H groups in total. The Morgan fingerprint density at radius 1 is 1.27 bits per heavy atom. The molecule has 78 valence electrons. The molecule has 0 saturated carbocycles. The Morgan fingerprint density at radius 3 is 2.67 bits per heavy atom. The van der Waals surface area contributed by atoms with Crippen LogP contribution in [0.15, 0.2) is 39.9 Å². The van der Waals surface area contributed by atoms with E-state index in [0.717, 1.165) is 27.7 Å². The van der Waals surface area contributed by atoms with Gasteiger partial charge < -0.3 is 4.52 Å². The Labute approximate surface area is 93.7 Å². The lowest BCUT2D eigenvalue weighted by Crippen LogP contribution is -1.80. The van der Waals surface area contributed by atoms with Crippen LogP contribution in [-0.4, -0.2) is 10.9 Å². The third kappa shape index (κ3) is 2.07. The van der Waals surface area contributed by atoms with E-state index in [-0.39, 0.29) is 0 Å². The molecule has 0 unspecified atom stereocenters. The average Bonchev–Trinajstić information content (AvgIpc) is 2.63. The summed E-state index contributed by atoms with van der Waals surface area (Å²) in [4.78, 5) is 0. The summed E-state index contributed by atoms with van der Waals surface area (Å²) < 4.78 is 5.30. The fraction of sp³-hybridized carbons (Fsp3) is 0.250. The molecule has 2 aromatic rings. The largest absolute Gasteiger partial charge is 0.349 e. The van der Waals surface area contributed by atoms with Gasteiger partial charge in [0.2, 0.25) is 0 Å². The van der Waals surface area contributed by atoms with Gasteiger partial charge in [-0.2, -0.15) is 0 Å². The monoisotopic (exact) mass is 219 g/mol. The second kappa shape index (κ2) is 4.53. The SMILES string of the molecule is CCSc1onc(-c2ccccc2)c1C. The first-order chi connectivity index (χ1) is 7.33. The van der Waals surface area contributed by atoms with E-state index in [2.05, 4.69) is 19.0 Å². The van der Waals surface area contributed by atoms with Gasteiger partial charge in [-0.3, -0.25) is 0 Å². The highest BCUT2D eigenvalue weighted by Gasteiger charge is 2.12. The van der Waals surface area contributed by atoms with Gasteiger partial charge in [-0.25, -0.2) is 0 Å². The maximum absolute atomic E-state index is 5.30. The molecule has 0 atom stereocenters. The van der Waals surface area contributed by atoms with E-state index in [0.29, 0.717) is 0 Å². The lowest BCUT2D eigenvalue weighted by molar-refractivity contribution is 0.350. The van der Waals surface area contributed by atoms with Crippen molar-refractivity contribution in [3.63, 3.8) is 0 Å². The van der Waals surface area contributed by atoms with Crippen LogP contribution in [0.25, 0.3) is 11.3 Å². The summed E-state index contributed by atoms with van der Waals surface area (Å²) in [6.07, 6.45) is 0. The van der Waals surface area contributed by atoms with Gasteiger partial charge in [-0.1, -0.05) is 54.2 Å². The first-order valence-corrected chi connectivity index (χ1v) is 5.96. The lowest BCUT2D eigenvalue weighted by Gasteiger charge is -1.96. The van der Waals surface area contributed by atoms with Crippen molar-refractivity contribution in [3.8, 4) is 11.3 Å². The van der Waals surface area contributed by atoms with Crippen molar-refractivity contribution in [1.29, 1.82) is 0 Å². The van der Waals surface area contributed by atoms with E-state index in [1.807, 2.05) is 30.3 Å². The highest BCUT2D eigenvalue weighted by molar-refractivity contribution is 7.99. The molecule has 0 aliphatic heterocycles. The maximum atomic E-state index is 5.30. The minimum atomic E-state index is 0.927. The van der Waals surface area contributed by atoms with Gasteiger partial charge in [0.15, 0.2) is 5.09 Å². The van der Waals surface area contributed by atoms with Crippen molar-refractivity contribution in [1.82, 2.24) is 5.16 Å². The zero-order valence-electron chi connectivity index (χ0n) is 8.86. The molecule has 0 amide bonds. The molecule has 0 saturated heterocycles. The molecular formula is C12H13NOS. The summed E-state index contributed by atoms with van der Waals surface area (Å²) >= 11 is 1.69. The molecule has 0 bridgehead atoms. The lowest BCUT2D eigenvalue weighted by atomic mass is 10.1. The molecule has 2 rings (SSSR count). The Kier molecular flexibility index (Phi) is 3.11. The summed E-state index contributed by atoms with van der Waals surface area (Å²) in [7, 11) is 0. The molecule has 2 nitrogen and oxygen atoms in total. The van der Waals surface area contributed by atoms with E-state index < -0.39 is 0 Å². The number of hydrogen-bond acceptors (Lipinski definition) is 3. The van der Waals surface area contributed by atoms with Crippen molar-refractivity contribution >= 4 is 11.8 Å². The molecule has 0 radical (unpaired) electrons. The van der Waals surface area contributed by atoms with Crippen LogP contribution in [0.1, 0.15) is 12.5 Å². The summed E-state index contributed by atoms with van der Waals surface area (Å²) in [5.41, 5.74) is 3.20. The third-order valence-corrected chi connectivity index (χ3v) is 3.14. The van der Waals surface area contributed by atoms with Crippen molar-refractivity contribution in [2.24, 2.45) is 0 Å². The Hall–Kier alpha value is -1.22. The molecule has 0 aliphatic carbocycles. The Balaban J connectivity index is 2.38. The van der Waals surface area contributed by atoms with Gasteiger partial charge in [-0.15, -0.1) is 0 Å². The van der Waals surface area contributed by atoms with Crippen molar-refractivity contribution in [3.05, 3.63) is 35.9 Å². The molecule has 1 aromatic heterocycles. The summed E-state index contributed by atoms with van der Waals surface area (Å²) in [6.45, 7) is 4.16. The zero-order chi connectivity index (χ0) is 10.7. The maximum Gasteiger partial charge on any atom is 0.196 e. The number of thioether (sulfide) groups is 1. The van der Waals surface area contributed by atoms with E-state index in [4.69, 9.17) is 4.52 Å². The first-order valence-electron chi connectivity index (χ1n) is 4.97. The number of nitrogens with zero attached hydrogens (tertiary/aromatic N) is 1. The van der Waals surface area contributed by atoms with E-state index in [1.54, 1.807) is 11.8 Å². The second-order valence-corrected chi connectivity index (χ2v) is 4.48. The van der Waals surface area contributed by atoms with Crippen LogP contribution in [0.3, 0.4) is 0 Å². The molecule has 1 heterocycles. The van der Waals surface area contributed by atoms with Crippen molar-refractivity contribution < 1.29 is 4.52 Å². The molecule has 3 heteroatoms. The summed E-state index contributed by atoms with van der Waals surface area (Å²) in [5.74, 6) is 1.00. The van der Waals surface area contributed by atoms with Crippen molar-refractivity contribution in [2.75, 3.05) is 5.75 Å². The van der Waals surface area contributed by atoms with Gasteiger partial charge in [0.25, 0.3) is 0 Å². The molecule has 0 aliphatic rings. The van der Waals surface area contributed by atoms with Crippen molar-refractivity contribution in [2.45, 2.75) is 18.9 Å². The van der Waals surface area contributed by atoms with Gasteiger partial charge in [0, 0.05) is 11.1 Å². The van der Waals surface area contributed by atoms with Crippen LogP contribution in [0.2, 0.25) is 0 Å². The van der Waals surface area contributed by atoms with Crippen LogP contribution in [0, 0.1) is 6.92 Å². The predicted molar refractivity (Wildman–Crippen MR) is 63.1 cm³/mol. The molecule has 1 aromatic carbocycles. The fourth-order valence-corrected chi connectivity index (χ4v) is 2.12. The molecule has 15 heavy (non-hydrogen) atoms. The molecular weight excluding hydrogens is 206 g/mol. The van der Waals surface area contributed by atoms with Crippen LogP contribution >= 0.6 is 11.8 Å². The normalized spacial score (nSPS) is 10.5. The third-order valence-electron chi connectivity index (χ3n) is 2.20. The number of benzene rings is 1. The Bertz CT molecular complexity index is 436. The topological polar surface area (TPSA) is 26.0 Å². The minimum absolute atomic E-state index is 0.927. The Morgan fingerprint density at radius 2 is 2.00 bits per heavy atom. The zero-order valence-corrected chi connectivity index (χ0v) is 9.67. The number of rotatable bonds is 3. The van der Waals surface area contributed by atoms with Gasteiger partial charge in [0.1, 0.15) is 5.69 Å². The fourth-order valence-electron chi connectivity index (χ4n) is 1.45. The van der Waals surface area contributed by atoms with Gasteiger partial charge in [0.05, 0.1) is 0 Å². The quantitative estimate of drug-likeness (QED) is 0.735. The van der Waals surface area contributed by atoms with Crippen LogP contribution in [-0.2, 0) is 0 Å². The van der Waals surface area contributed by atoms with Crippen LogP contribution in [0.5, 0.6) is 0 Å². The number of aromatic nitrogens is 1. The summed E-state index contributed by atoms with van der Waals surface area (Å²) in [6, 6.07) is 10.1. The molecule has 0 spiro atoms. The highest BCUT2D eigenvalue weighted by atomic mass is 32.2. The van der Waals surface area contributed by atoms with Crippen LogP contribution < -0.4 is 0 Å². The smallest absolute Gasteiger partial charge is 0.196 e.